The Hall–Kier alpha value is -2.04. The van der Waals surface area contributed by atoms with Crippen LogP contribution in [-0.2, 0) is 13.6 Å². The molecular weight excluding hydrogens is 228 g/mol. The lowest BCUT2D eigenvalue weighted by atomic mass is 10.2. The maximum atomic E-state index is 5.35. The highest BCUT2D eigenvalue weighted by atomic mass is 16.5. The van der Waals surface area contributed by atoms with Crippen molar-refractivity contribution in [1.29, 1.82) is 0 Å². The summed E-state index contributed by atoms with van der Waals surface area (Å²) in [7, 11) is 3.54. The minimum Gasteiger partial charge on any atom is -0.481 e. The predicted molar refractivity (Wildman–Crippen MR) is 70.8 cm³/mol. The molecule has 0 aliphatic carbocycles. The molecule has 2 rings (SSSR count). The summed E-state index contributed by atoms with van der Waals surface area (Å²) in [4.78, 5) is 4.25. The van der Waals surface area contributed by atoms with Crippen LogP contribution in [0.25, 0.3) is 0 Å². The summed E-state index contributed by atoms with van der Waals surface area (Å²) in [6, 6.07) is 4.00. The quantitative estimate of drug-likeness (QED) is 0.897. The van der Waals surface area contributed by atoms with Gasteiger partial charge >= 0.3 is 0 Å². The molecule has 5 heteroatoms. The van der Waals surface area contributed by atoms with Crippen LogP contribution in [0.15, 0.2) is 18.3 Å². The molecule has 2 aromatic heterocycles. The average Bonchev–Trinajstić information content (AvgIpc) is 2.62. The van der Waals surface area contributed by atoms with Gasteiger partial charge in [-0.2, -0.15) is 5.10 Å². The number of aryl methyl sites for hydroxylation is 3. The average molecular weight is 246 g/mol. The third kappa shape index (κ3) is 2.45. The van der Waals surface area contributed by atoms with Crippen molar-refractivity contribution < 1.29 is 4.74 Å². The van der Waals surface area contributed by atoms with Crippen LogP contribution in [0.4, 0.5) is 5.69 Å². The number of hydrogen-bond donors (Lipinski definition) is 1. The number of anilines is 1. The van der Waals surface area contributed by atoms with Crippen LogP contribution in [0.5, 0.6) is 5.88 Å². The lowest BCUT2D eigenvalue weighted by Crippen LogP contribution is -2.03. The molecule has 2 heterocycles. The highest BCUT2D eigenvalue weighted by Crippen LogP contribution is 2.22. The molecule has 18 heavy (non-hydrogen) atoms. The second-order valence-corrected chi connectivity index (χ2v) is 4.24. The Labute approximate surface area is 107 Å². The maximum Gasteiger partial charge on any atom is 0.216 e. The van der Waals surface area contributed by atoms with Crippen molar-refractivity contribution >= 4 is 5.69 Å². The normalized spacial score (nSPS) is 10.4. The Balaban J connectivity index is 2.12. The number of nitrogens with zero attached hydrogens (tertiary/aromatic N) is 3. The molecule has 0 saturated carbocycles. The zero-order valence-corrected chi connectivity index (χ0v) is 11.2. The highest BCUT2D eigenvalue weighted by Gasteiger charge is 2.13. The topological polar surface area (TPSA) is 52.0 Å². The van der Waals surface area contributed by atoms with Crippen molar-refractivity contribution in [2.75, 3.05) is 12.4 Å². The fourth-order valence-corrected chi connectivity index (χ4v) is 1.90. The van der Waals surface area contributed by atoms with E-state index in [1.165, 1.54) is 0 Å². The van der Waals surface area contributed by atoms with Crippen molar-refractivity contribution in [2.45, 2.75) is 20.4 Å². The van der Waals surface area contributed by atoms with Crippen molar-refractivity contribution in [3.63, 3.8) is 0 Å². The second kappa shape index (κ2) is 5.08. The molecule has 0 atom stereocenters. The van der Waals surface area contributed by atoms with Gasteiger partial charge in [-0.3, -0.25) is 4.98 Å². The third-order valence-electron chi connectivity index (χ3n) is 2.86. The van der Waals surface area contributed by atoms with Crippen LogP contribution in [0, 0.1) is 13.8 Å². The monoisotopic (exact) mass is 246 g/mol. The fraction of sp³-hybridized carbons (Fsp3) is 0.385. The minimum absolute atomic E-state index is 0.674. The van der Waals surface area contributed by atoms with Crippen LogP contribution in [0.1, 0.15) is 17.0 Å². The van der Waals surface area contributed by atoms with Crippen LogP contribution < -0.4 is 10.1 Å². The fourth-order valence-electron chi connectivity index (χ4n) is 1.90. The molecular formula is C13H18N4O. The molecule has 0 radical (unpaired) electrons. The van der Waals surface area contributed by atoms with Gasteiger partial charge in [0.2, 0.25) is 5.88 Å². The number of aromatic nitrogens is 3. The van der Waals surface area contributed by atoms with E-state index in [4.69, 9.17) is 4.74 Å². The van der Waals surface area contributed by atoms with E-state index in [0.29, 0.717) is 6.54 Å². The van der Waals surface area contributed by atoms with Gasteiger partial charge < -0.3 is 10.1 Å². The van der Waals surface area contributed by atoms with E-state index in [2.05, 4.69) is 15.4 Å². The first kappa shape index (κ1) is 12.4. The summed E-state index contributed by atoms with van der Waals surface area (Å²) < 4.78 is 7.10. The third-order valence-corrected chi connectivity index (χ3v) is 2.86. The maximum absolute atomic E-state index is 5.35. The van der Waals surface area contributed by atoms with E-state index < -0.39 is 0 Å². The minimum atomic E-state index is 0.674. The van der Waals surface area contributed by atoms with Crippen molar-refractivity contribution in [1.82, 2.24) is 14.8 Å². The Bertz CT molecular complexity index is 531. The zero-order chi connectivity index (χ0) is 13.1. The molecule has 2 aromatic rings. The summed E-state index contributed by atoms with van der Waals surface area (Å²) in [5.74, 6) is 0.792. The van der Waals surface area contributed by atoms with Gasteiger partial charge in [0.1, 0.15) is 0 Å². The van der Waals surface area contributed by atoms with E-state index in [1.54, 1.807) is 11.8 Å². The van der Waals surface area contributed by atoms with Gasteiger partial charge in [0.25, 0.3) is 0 Å². The van der Waals surface area contributed by atoms with Crippen LogP contribution in [0.3, 0.4) is 0 Å². The number of rotatable bonds is 4. The molecule has 0 saturated heterocycles. The molecule has 96 valence electrons. The lowest BCUT2D eigenvalue weighted by molar-refractivity contribution is 0.370. The summed E-state index contributed by atoms with van der Waals surface area (Å²) in [6.45, 7) is 4.62. The first-order valence-electron chi connectivity index (χ1n) is 5.85. The van der Waals surface area contributed by atoms with Gasteiger partial charge in [0.05, 0.1) is 30.3 Å². The van der Waals surface area contributed by atoms with Crippen LogP contribution >= 0.6 is 0 Å². The SMILES string of the molecule is COc1c(CNc2ccc(C)nc2)c(C)nn1C. The van der Waals surface area contributed by atoms with Gasteiger partial charge in [0, 0.05) is 19.3 Å². The lowest BCUT2D eigenvalue weighted by Gasteiger charge is -2.08. The summed E-state index contributed by atoms with van der Waals surface area (Å²) >= 11 is 0. The number of hydrogen-bond acceptors (Lipinski definition) is 4. The molecule has 5 nitrogen and oxygen atoms in total. The molecule has 0 aliphatic rings. The van der Waals surface area contributed by atoms with Crippen LogP contribution in [0.2, 0.25) is 0 Å². The van der Waals surface area contributed by atoms with E-state index in [1.807, 2.05) is 39.2 Å². The molecule has 0 spiro atoms. The van der Waals surface area contributed by atoms with Gasteiger partial charge in [-0.25, -0.2) is 4.68 Å². The number of pyridine rings is 1. The molecule has 0 unspecified atom stereocenters. The van der Waals surface area contributed by atoms with Crippen molar-refractivity contribution in [2.24, 2.45) is 7.05 Å². The van der Waals surface area contributed by atoms with Gasteiger partial charge in [0.15, 0.2) is 0 Å². The smallest absolute Gasteiger partial charge is 0.216 e. The summed E-state index contributed by atoms with van der Waals surface area (Å²) in [6.07, 6.45) is 1.83. The first-order chi connectivity index (χ1) is 8.61. The van der Waals surface area contributed by atoms with E-state index in [-0.39, 0.29) is 0 Å². The Morgan fingerprint density at radius 3 is 2.72 bits per heavy atom. The van der Waals surface area contributed by atoms with Crippen molar-refractivity contribution in [3.05, 3.63) is 35.3 Å². The number of ether oxygens (including phenoxy) is 1. The van der Waals surface area contributed by atoms with E-state index in [0.717, 1.165) is 28.5 Å². The largest absolute Gasteiger partial charge is 0.481 e. The predicted octanol–water partition coefficient (Wildman–Crippen LogP) is 2.05. The molecule has 1 N–H and O–H groups in total. The van der Waals surface area contributed by atoms with Gasteiger partial charge in [-0.15, -0.1) is 0 Å². The molecule has 0 amide bonds. The summed E-state index contributed by atoms with van der Waals surface area (Å²) in [5, 5.41) is 7.67. The van der Waals surface area contributed by atoms with Gasteiger partial charge in [-0.05, 0) is 26.0 Å². The van der Waals surface area contributed by atoms with E-state index >= 15 is 0 Å². The Morgan fingerprint density at radius 2 is 2.11 bits per heavy atom. The zero-order valence-electron chi connectivity index (χ0n) is 11.2. The number of nitrogens with one attached hydrogen (secondary N) is 1. The molecule has 0 aromatic carbocycles. The van der Waals surface area contributed by atoms with Crippen molar-refractivity contribution in [3.8, 4) is 5.88 Å². The number of methoxy groups -OCH3 is 1. The molecule has 0 bridgehead atoms. The standard InChI is InChI=1S/C13H18N4O/c1-9-5-6-11(7-14-9)15-8-12-10(2)16-17(3)13(12)18-4/h5-7,15H,8H2,1-4H3. The Kier molecular flexibility index (Phi) is 3.50. The van der Waals surface area contributed by atoms with Crippen LogP contribution in [-0.4, -0.2) is 21.9 Å². The first-order valence-corrected chi connectivity index (χ1v) is 5.85. The Morgan fingerprint density at radius 1 is 1.33 bits per heavy atom. The second-order valence-electron chi connectivity index (χ2n) is 4.24. The van der Waals surface area contributed by atoms with E-state index in [9.17, 15) is 0 Å². The summed E-state index contributed by atoms with van der Waals surface area (Å²) in [5.41, 5.74) is 4.05. The molecule has 0 fully saturated rings. The molecule has 0 aliphatic heterocycles. The highest BCUT2D eigenvalue weighted by molar-refractivity contribution is 5.43. The van der Waals surface area contributed by atoms with Gasteiger partial charge in [-0.1, -0.05) is 0 Å².